The van der Waals surface area contributed by atoms with Crippen molar-refractivity contribution in [2.24, 2.45) is 0 Å². The molecule has 0 unspecified atom stereocenters. The number of nitrogens with zero attached hydrogens (tertiary/aromatic N) is 1. The average Bonchev–Trinajstić information content (AvgIpc) is 2.03. The average molecular weight is 181 g/mol. The molecular weight excluding hydrogens is 170 g/mol. The molecule has 0 aliphatic rings. The first-order valence-corrected chi connectivity index (χ1v) is 3.98. The molecule has 0 bridgehead atoms. The Labute approximate surface area is 75.4 Å². The minimum absolute atomic E-state index is 0.0301. The van der Waals surface area contributed by atoms with Crippen LogP contribution in [0.25, 0.3) is 0 Å². The highest BCUT2D eigenvalue weighted by Gasteiger charge is 2.10. The van der Waals surface area contributed by atoms with E-state index in [0.717, 1.165) is 6.07 Å². The molecule has 1 heterocycles. The lowest BCUT2D eigenvalue weighted by Crippen LogP contribution is -2.17. The first-order chi connectivity index (χ1) is 6.02. The fourth-order valence-electron chi connectivity index (χ4n) is 1.11. The van der Waals surface area contributed by atoms with E-state index in [4.69, 9.17) is 5.11 Å². The zero-order valence-electron chi connectivity index (χ0n) is 7.52. The summed E-state index contributed by atoms with van der Waals surface area (Å²) < 4.78 is 1.55. The van der Waals surface area contributed by atoms with Crippen molar-refractivity contribution in [2.45, 2.75) is 19.9 Å². The van der Waals surface area contributed by atoms with Crippen LogP contribution in [0.4, 0.5) is 0 Å². The quantitative estimate of drug-likeness (QED) is 0.743. The van der Waals surface area contributed by atoms with Crippen LogP contribution in [0.15, 0.2) is 23.1 Å². The van der Waals surface area contributed by atoms with Gasteiger partial charge in [-0.3, -0.25) is 4.79 Å². The maximum atomic E-state index is 10.9. The summed E-state index contributed by atoms with van der Waals surface area (Å²) in [5, 5.41) is 8.78. The van der Waals surface area contributed by atoms with Crippen LogP contribution in [0.2, 0.25) is 0 Å². The predicted molar refractivity (Wildman–Crippen MR) is 48.0 cm³/mol. The smallest absolute Gasteiger partial charge is 0.352 e. The number of rotatable bonds is 2. The SMILES string of the molecule is CC(C)n1ccc(=O)cc1C(=O)O. The number of carboxylic acid groups (broad SMARTS) is 1. The Balaban J connectivity index is 3.35. The molecule has 1 N–H and O–H groups in total. The van der Waals surface area contributed by atoms with E-state index in [-0.39, 0.29) is 17.2 Å². The van der Waals surface area contributed by atoms with Crippen molar-refractivity contribution in [3.8, 4) is 0 Å². The maximum absolute atomic E-state index is 10.9. The first-order valence-electron chi connectivity index (χ1n) is 3.98. The number of carboxylic acids is 1. The standard InChI is InChI=1S/C9H11NO3/c1-6(2)10-4-3-7(11)5-8(10)9(12)13/h3-6H,1-2H3,(H,12,13). The normalized spacial score (nSPS) is 10.4. The molecule has 0 aromatic carbocycles. The second-order valence-corrected chi connectivity index (χ2v) is 3.05. The fourth-order valence-corrected chi connectivity index (χ4v) is 1.11. The third-order valence-corrected chi connectivity index (χ3v) is 1.73. The zero-order chi connectivity index (χ0) is 10.0. The van der Waals surface area contributed by atoms with Crippen LogP contribution in [-0.4, -0.2) is 15.6 Å². The summed E-state index contributed by atoms with van der Waals surface area (Å²) in [4.78, 5) is 21.6. The lowest BCUT2D eigenvalue weighted by Gasteiger charge is -2.13. The molecule has 0 aliphatic heterocycles. The summed E-state index contributed by atoms with van der Waals surface area (Å²) in [5.74, 6) is -1.08. The van der Waals surface area contributed by atoms with E-state index < -0.39 is 5.97 Å². The Hall–Kier alpha value is -1.58. The molecule has 70 valence electrons. The number of hydrogen-bond donors (Lipinski definition) is 1. The van der Waals surface area contributed by atoms with Crippen LogP contribution in [0.5, 0.6) is 0 Å². The summed E-state index contributed by atoms with van der Waals surface area (Å²) in [6, 6.07) is 2.51. The molecule has 0 spiro atoms. The van der Waals surface area contributed by atoms with Crippen LogP contribution in [0.1, 0.15) is 30.4 Å². The molecule has 0 saturated heterocycles. The summed E-state index contributed by atoms with van der Waals surface area (Å²) in [6.07, 6.45) is 1.50. The van der Waals surface area contributed by atoms with Gasteiger partial charge in [-0.25, -0.2) is 4.79 Å². The van der Waals surface area contributed by atoms with Crippen molar-refractivity contribution in [3.63, 3.8) is 0 Å². The lowest BCUT2D eigenvalue weighted by molar-refractivity contribution is 0.0682. The van der Waals surface area contributed by atoms with E-state index in [0.29, 0.717) is 0 Å². The largest absolute Gasteiger partial charge is 0.477 e. The Morgan fingerprint density at radius 2 is 2.15 bits per heavy atom. The van der Waals surface area contributed by atoms with Crippen molar-refractivity contribution in [3.05, 3.63) is 34.2 Å². The minimum Gasteiger partial charge on any atom is -0.477 e. The second kappa shape index (κ2) is 3.43. The van der Waals surface area contributed by atoms with Crippen molar-refractivity contribution >= 4 is 5.97 Å². The molecule has 0 radical (unpaired) electrons. The van der Waals surface area contributed by atoms with E-state index in [9.17, 15) is 9.59 Å². The molecule has 13 heavy (non-hydrogen) atoms. The summed E-state index contributed by atoms with van der Waals surface area (Å²) in [6.45, 7) is 3.72. The highest BCUT2D eigenvalue weighted by molar-refractivity contribution is 5.85. The van der Waals surface area contributed by atoms with Crippen LogP contribution >= 0.6 is 0 Å². The number of aromatic nitrogens is 1. The monoisotopic (exact) mass is 181 g/mol. The molecule has 1 aromatic rings. The van der Waals surface area contributed by atoms with Crippen LogP contribution in [0, 0.1) is 0 Å². The van der Waals surface area contributed by atoms with Gasteiger partial charge in [-0.1, -0.05) is 0 Å². The predicted octanol–water partition coefficient (Wildman–Crippen LogP) is 1.13. The van der Waals surface area contributed by atoms with Gasteiger partial charge in [-0.15, -0.1) is 0 Å². The number of carbonyl (C=O) groups is 1. The molecule has 1 aromatic heterocycles. The Kier molecular flexibility index (Phi) is 2.51. The van der Waals surface area contributed by atoms with Crippen molar-refractivity contribution in [1.82, 2.24) is 4.57 Å². The number of aromatic carboxylic acids is 1. The molecule has 0 fully saturated rings. The molecule has 0 saturated carbocycles. The van der Waals surface area contributed by atoms with Gasteiger partial charge in [-0.05, 0) is 13.8 Å². The topological polar surface area (TPSA) is 59.3 Å². The summed E-state index contributed by atoms with van der Waals surface area (Å²) in [7, 11) is 0. The molecule has 4 nitrogen and oxygen atoms in total. The van der Waals surface area contributed by atoms with Gasteiger partial charge in [0, 0.05) is 24.4 Å². The van der Waals surface area contributed by atoms with E-state index in [1.807, 2.05) is 13.8 Å². The van der Waals surface area contributed by atoms with E-state index in [1.54, 1.807) is 4.57 Å². The first kappa shape index (κ1) is 9.51. The fraction of sp³-hybridized carbons (Fsp3) is 0.333. The van der Waals surface area contributed by atoms with Crippen LogP contribution in [-0.2, 0) is 0 Å². The second-order valence-electron chi connectivity index (χ2n) is 3.05. The van der Waals surface area contributed by atoms with Crippen molar-refractivity contribution in [2.75, 3.05) is 0 Å². The number of pyridine rings is 1. The number of hydrogen-bond acceptors (Lipinski definition) is 2. The Morgan fingerprint density at radius 3 is 2.62 bits per heavy atom. The molecule has 0 amide bonds. The van der Waals surface area contributed by atoms with Gasteiger partial charge in [0.05, 0.1) is 0 Å². The minimum atomic E-state index is -1.08. The third kappa shape index (κ3) is 1.96. The van der Waals surface area contributed by atoms with Gasteiger partial charge in [0.25, 0.3) is 0 Å². The lowest BCUT2D eigenvalue weighted by atomic mass is 10.3. The molecule has 1 rings (SSSR count). The third-order valence-electron chi connectivity index (χ3n) is 1.73. The van der Waals surface area contributed by atoms with E-state index in [2.05, 4.69) is 0 Å². The van der Waals surface area contributed by atoms with Crippen molar-refractivity contribution < 1.29 is 9.90 Å². The summed E-state index contributed by atoms with van der Waals surface area (Å²) in [5.41, 5.74) is -0.253. The summed E-state index contributed by atoms with van der Waals surface area (Å²) >= 11 is 0. The molecule has 0 atom stereocenters. The van der Waals surface area contributed by atoms with Crippen LogP contribution in [0.3, 0.4) is 0 Å². The zero-order valence-corrected chi connectivity index (χ0v) is 7.52. The molecule has 0 aliphatic carbocycles. The van der Waals surface area contributed by atoms with Crippen LogP contribution < -0.4 is 5.43 Å². The Morgan fingerprint density at radius 1 is 1.54 bits per heavy atom. The molecule has 4 heteroatoms. The van der Waals surface area contributed by atoms with Gasteiger partial charge in [0.15, 0.2) is 5.43 Å². The highest BCUT2D eigenvalue weighted by atomic mass is 16.4. The van der Waals surface area contributed by atoms with E-state index >= 15 is 0 Å². The van der Waals surface area contributed by atoms with Gasteiger partial charge in [-0.2, -0.15) is 0 Å². The molecular formula is C9H11NO3. The highest BCUT2D eigenvalue weighted by Crippen LogP contribution is 2.06. The van der Waals surface area contributed by atoms with Gasteiger partial charge in [0.2, 0.25) is 0 Å². The van der Waals surface area contributed by atoms with Crippen molar-refractivity contribution in [1.29, 1.82) is 0 Å². The van der Waals surface area contributed by atoms with E-state index in [1.165, 1.54) is 12.3 Å². The Bertz CT molecular complexity index is 379. The van der Waals surface area contributed by atoms with Gasteiger partial charge in [0.1, 0.15) is 5.69 Å². The van der Waals surface area contributed by atoms with Gasteiger partial charge >= 0.3 is 5.97 Å². The maximum Gasteiger partial charge on any atom is 0.352 e. The van der Waals surface area contributed by atoms with Gasteiger partial charge < -0.3 is 9.67 Å².